The number of nitrogens with zero attached hydrogens (tertiary/aromatic N) is 2. The molecule has 2 rings (SSSR count). The van der Waals surface area contributed by atoms with E-state index in [4.69, 9.17) is 0 Å². The zero-order chi connectivity index (χ0) is 15.1. The van der Waals surface area contributed by atoms with Crippen LogP contribution in [0.4, 0.5) is 0 Å². The van der Waals surface area contributed by atoms with Gasteiger partial charge in [0.05, 0.1) is 12.2 Å². The number of rotatable bonds is 6. The fourth-order valence-electron chi connectivity index (χ4n) is 3.05. The van der Waals surface area contributed by atoms with Crippen molar-refractivity contribution in [3.63, 3.8) is 0 Å². The predicted molar refractivity (Wildman–Crippen MR) is 84.7 cm³/mol. The van der Waals surface area contributed by atoms with Gasteiger partial charge >= 0.3 is 0 Å². The second-order valence-corrected chi connectivity index (χ2v) is 6.00. The van der Waals surface area contributed by atoms with Crippen molar-refractivity contribution in [3.05, 3.63) is 30.1 Å². The summed E-state index contributed by atoms with van der Waals surface area (Å²) in [5.74, 6) is 1.41. The van der Waals surface area contributed by atoms with E-state index in [2.05, 4.69) is 17.2 Å². The van der Waals surface area contributed by atoms with E-state index < -0.39 is 0 Å². The van der Waals surface area contributed by atoms with Gasteiger partial charge < -0.3 is 10.2 Å². The fraction of sp³-hybridized carbons (Fsp3) is 0.647. The number of hydrogen-bond donors (Lipinski definition) is 1. The van der Waals surface area contributed by atoms with E-state index in [9.17, 15) is 4.79 Å². The fourth-order valence-corrected chi connectivity index (χ4v) is 3.05. The van der Waals surface area contributed by atoms with Crippen molar-refractivity contribution in [1.82, 2.24) is 15.2 Å². The minimum atomic E-state index is 0.259. The molecular formula is C17H27N3O. The monoisotopic (exact) mass is 289 g/mol. The highest BCUT2D eigenvalue weighted by atomic mass is 16.2. The molecular weight excluding hydrogens is 262 g/mol. The predicted octanol–water partition coefficient (Wildman–Crippen LogP) is 2.46. The molecule has 1 aromatic rings. The lowest BCUT2D eigenvalue weighted by molar-refractivity contribution is -0.133. The van der Waals surface area contributed by atoms with Crippen LogP contribution in [0.3, 0.4) is 0 Å². The van der Waals surface area contributed by atoms with E-state index in [1.54, 1.807) is 6.20 Å². The Balaban J connectivity index is 1.87. The summed E-state index contributed by atoms with van der Waals surface area (Å²) in [6.07, 6.45) is 4.83. The van der Waals surface area contributed by atoms with E-state index in [0.29, 0.717) is 24.8 Å². The van der Waals surface area contributed by atoms with E-state index in [0.717, 1.165) is 25.3 Å². The molecule has 4 nitrogen and oxygen atoms in total. The van der Waals surface area contributed by atoms with Gasteiger partial charge in [-0.05, 0) is 56.8 Å². The van der Waals surface area contributed by atoms with Crippen molar-refractivity contribution >= 4 is 5.91 Å². The molecule has 0 aliphatic carbocycles. The maximum atomic E-state index is 12.5. The first-order valence-electron chi connectivity index (χ1n) is 8.09. The van der Waals surface area contributed by atoms with Gasteiger partial charge in [-0.1, -0.05) is 13.0 Å². The first-order chi connectivity index (χ1) is 10.2. The van der Waals surface area contributed by atoms with Gasteiger partial charge in [0.1, 0.15) is 0 Å². The lowest BCUT2D eigenvalue weighted by Crippen LogP contribution is -2.35. The van der Waals surface area contributed by atoms with Gasteiger partial charge in [-0.25, -0.2) is 0 Å². The maximum Gasteiger partial charge on any atom is 0.223 e. The summed E-state index contributed by atoms with van der Waals surface area (Å²) >= 11 is 0. The zero-order valence-electron chi connectivity index (χ0n) is 13.2. The van der Waals surface area contributed by atoms with Gasteiger partial charge in [0.15, 0.2) is 0 Å². The molecule has 1 saturated heterocycles. The maximum absolute atomic E-state index is 12.5. The van der Waals surface area contributed by atoms with Crippen molar-refractivity contribution in [2.45, 2.75) is 39.7 Å². The molecule has 1 unspecified atom stereocenters. The molecule has 1 atom stereocenters. The molecule has 0 bridgehead atoms. The lowest BCUT2D eigenvalue weighted by Gasteiger charge is -2.29. The Labute approximate surface area is 127 Å². The second kappa shape index (κ2) is 8.13. The van der Waals surface area contributed by atoms with Crippen LogP contribution >= 0.6 is 0 Å². The Morgan fingerprint density at radius 2 is 2.19 bits per heavy atom. The van der Waals surface area contributed by atoms with Crippen molar-refractivity contribution < 1.29 is 4.79 Å². The summed E-state index contributed by atoms with van der Waals surface area (Å²) in [4.78, 5) is 18.7. The quantitative estimate of drug-likeness (QED) is 0.875. The third kappa shape index (κ3) is 4.81. The molecule has 0 aromatic carbocycles. The van der Waals surface area contributed by atoms with Crippen molar-refractivity contribution in [2.75, 3.05) is 19.6 Å². The van der Waals surface area contributed by atoms with Crippen LogP contribution in [0.1, 0.15) is 38.8 Å². The molecule has 1 aromatic heterocycles. The molecule has 1 N–H and O–H groups in total. The summed E-state index contributed by atoms with van der Waals surface area (Å²) in [7, 11) is 0. The zero-order valence-corrected chi connectivity index (χ0v) is 13.2. The molecule has 0 radical (unpaired) electrons. The number of amides is 1. The van der Waals surface area contributed by atoms with Crippen molar-refractivity contribution in [3.8, 4) is 0 Å². The summed E-state index contributed by atoms with van der Waals surface area (Å²) < 4.78 is 0. The number of carbonyl (C=O) groups excluding carboxylic acids is 1. The highest BCUT2D eigenvalue weighted by molar-refractivity contribution is 5.76. The number of pyridine rings is 1. The standard InChI is InChI=1S/C17H27N3O/c1-3-20(13-16-6-4-5-9-19-16)17(21)12-14(2)15-7-10-18-11-8-15/h4-6,9,14-15,18H,3,7-8,10-13H2,1-2H3. The normalized spacial score (nSPS) is 17.4. The second-order valence-electron chi connectivity index (χ2n) is 6.00. The molecule has 1 aliphatic rings. The van der Waals surface area contributed by atoms with Crippen LogP contribution < -0.4 is 5.32 Å². The van der Waals surface area contributed by atoms with Crippen LogP contribution in [0.25, 0.3) is 0 Å². The van der Waals surface area contributed by atoms with E-state index in [-0.39, 0.29) is 5.91 Å². The molecule has 1 amide bonds. The van der Waals surface area contributed by atoms with Crippen LogP contribution in [0.2, 0.25) is 0 Å². The van der Waals surface area contributed by atoms with Crippen LogP contribution in [-0.4, -0.2) is 35.4 Å². The molecule has 4 heteroatoms. The van der Waals surface area contributed by atoms with Crippen LogP contribution in [0.5, 0.6) is 0 Å². The topological polar surface area (TPSA) is 45.2 Å². The molecule has 0 spiro atoms. The van der Waals surface area contributed by atoms with Crippen LogP contribution in [-0.2, 0) is 11.3 Å². The Morgan fingerprint density at radius 1 is 1.43 bits per heavy atom. The summed E-state index contributed by atoms with van der Waals surface area (Å²) in [5, 5.41) is 3.39. The van der Waals surface area contributed by atoms with Gasteiger partial charge in [0.2, 0.25) is 5.91 Å². The third-order valence-corrected chi connectivity index (χ3v) is 4.50. The van der Waals surface area contributed by atoms with Gasteiger partial charge in [0.25, 0.3) is 0 Å². The first kappa shape index (κ1) is 16.0. The number of nitrogens with one attached hydrogen (secondary N) is 1. The summed E-state index contributed by atoms with van der Waals surface area (Å²) in [6, 6.07) is 5.85. The number of aromatic nitrogens is 1. The van der Waals surface area contributed by atoms with Gasteiger partial charge in [0, 0.05) is 19.2 Å². The number of hydrogen-bond acceptors (Lipinski definition) is 3. The van der Waals surface area contributed by atoms with Crippen molar-refractivity contribution in [1.29, 1.82) is 0 Å². The van der Waals surface area contributed by atoms with Crippen LogP contribution in [0, 0.1) is 11.8 Å². The minimum absolute atomic E-state index is 0.259. The lowest BCUT2D eigenvalue weighted by atomic mass is 9.84. The van der Waals surface area contributed by atoms with Crippen molar-refractivity contribution in [2.24, 2.45) is 11.8 Å². The Hall–Kier alpha value is -1.42. The number of carbonyl (C=O) groups is 1. The summed E-state index contributed by atoms with van der Waals surface area (Å²) in [6.45, 7) is 7.81. The smallest absolute Gasteiger partial charge is 0.223 e. The molecule has 1 fully saturated rings. The van der Waals surface area contributed by atoms with E-state index >= 15 is 0 Å². The Kier molecular flexibility index (Phi) is 6.18. The molecule has 116 valence electrons. The molecule has 1 aliphatic heterocycles. The van der Waals surface area contributed by atoms with Crippen LogP contribution in [0.15, 0.2) is 24.4 Å². The third-order valence-electron chi connectivity index (χ3n) is 4.50. The average Bonchev–Trinajstić information content (AvgIpc) is 2.54. The number of piperidine rings is 1. The van der Waals surface area contributed by atoms with Gasteiger partial charge in [-0.15, -0.1) is 0 Å². The molecule has 21 heavy (non-hydrogen) atoms. The molecule has 2 heterocycles. The minimum Gasteiger partial charge on any atom is -0.337 e. The Morgan fingerprint density at radius 3 is 2.81 bits per heavy atom. The van der Waals surface area contributed by atoms with Gasteiger partial charge in [-0.3, -0.25) is 9.78 Å². The SMILES string of the molecule is CCN(Cc1ccccn1)C(=O)CC(C)C1CCNCC1. The highest BCUT2D eigenvalue weighted by Gasteiger charge is 2.24. The Bertz CT molecular complexity index is 429. The molecule has 0 saturated carbocycles. The first-order valence-corrected chi connectivity index (χ1v) is 8.09. The van der Waals surface area contributed by atoms with E-state index in [1.165, 1.54) is 12.8 Å². The van der Waals surface area contributed by atoms with Gasteiger partial charge in [-0.2, -0.15) is 0 Å². The van der Waals surface area contributed by atoms with E-state index in [1.807, 2.05) is 30.0 Å². The largest absolute Gasteiger partial charge is 0.337 e. The average molecular weight is 289 g/mol. The summed E-state index contributed by atoms with van der Waals surface area (Å²) in [5.41, 5.74) is 0.960. The highest BCUT2D eigenvalue weighted by Crippen LogP contribution is 2.25.